The second-order valence-electron chi connectivity index (χ2n) is 8.30. The van der Waals surface area contributed by atoms with E-state index in [2.05, 4.69) is 10.6 Å². The molecule has 3 rings (SSSR count). The molecule has 1 heterocycles. The van der Waals surface area contributed by atoms with Crippen LogP contribution in [0.2, 0.25) is 0 Å². The van der Waals surface area contributed by atoms with E-state index < -0.39 is 0 Å². The van der Waals surface area contributed by atoms with E-state index in [9.17, 15) is 4.79 Å². The van der Waals surface area contributed by atoms with Gasteiger partial charge in [0.05, 0.1) is 32.4 Å². The van der Waals surface area contributed by atoms with Crippen LogP contribution in [0.1, 0.15) is 44.1 Å². The summed E-state index contributed by atoms with van der Waals surface area (Å²) in [4.78, 5) is 18.3. The molecule has 1 aliphatic carbocycles. The molecule has 2 aliphatic rings. The summed E-state index contributed by atoms with van der Waals surface area (Å²) in [5, 5.41) is 6.45. The number of benzene rings is 1. The number of carbonyl (C=O) groups is 1. The highest BCUT2D eigenvalue weighted by Gasteiger charge is 2.21. The SMILES string of the molecule is COc1cccc(CN=C(NCC(=O)N(C)C)NCC2CCCO2)c1OC1CCCC1. The molecular formula is C23H36N4O4. The Balaban J connectivity index is 1.71. The minimum absolute atomic E-state index is 0.0155. The molecule has 1 aliphatic heterocycles. The molecule has 31 heavy (non-hydrogen) atoms. The van der Waals surface area contributed by atoms with Gasteiger partial charge >= 0.3 is 0 Å². The van der Waals surface area contributed by atoms with Crippen LogP contribution in [0.25, 0.3) is 0 Å². The van der Waals surface area contributed by atoms with Crippen molar-refractivity contribution < 1.29 is 19.0 Å². The second kappa shape index (κ2) is 11.8. The Kier molecular flexibility index (Phi) is 8.82. The number of hydrogen-bond donors (Lipinski definition) is 2. The van der Waals surface area contributed by atoms with Crippen molar-refractivity contribution in [1.29, 1.82) is 0 Å². The molecule has 1 unspecified atom stereocenters. The quantitative estimate of drug-likeness (QED) is 0.460. The number of likely N-dealkylation sites (N-methyl/N-ethyl adjacent to an activating group) is 1. The van der Waals surface area contributed by atoms with Gasteiger partial charge < -0.3 is 29.7 Å². The fourth-order valence-corrected chi connectivity index (χ4v) is 3.82. The van der Waals surface area contributed by atoms with Crippen LogP contribution in [0.5, 0.6) is 11.5 Å². The van der Waals surface area contributed by atoms with Gasteiger partial charge in [-0.1, -0.05) is 12.1 Å². The van der Waals surface area contributed by atoms with Gasteiger partial charge in [0.25, 0.3) is 0 Å². The molecule has 1 amide bonds. The van der Waals surface area contributed by atoms with Crippen molar-refractivity contribution in [2.45, 2.75) is 57.3 Å². The number of rotatable bonds is 9. The lowest BCUT2D eigenvalue weighted by molar-refractivity contribution is -0.127. The number of aliphatic imine (C=N–C) groups is 1. The van der Waals surface area contributed by atoms with Crippen molar-refractivity contribution in [1.82, 2.24) is 15.5 Å². The normalized spacial score (nSPS) is 19.3. The number of hydrogen-bond acceptors (Lipinski definition) is 5. The zero-order valence-electron chi connectivity index (χ0n) is 19.0. The van der Waals surface area contributed by atoms with Crippen LogP contribution in [0.15, 0.2) is 23.2 Å². The van der Waals surface area contributed by atoms with E-state index in [4.69, 9.17) is 19.2 Å². The average Bonchev–Trinajstić information content (AvgIpc) is 3.47. The van der Waals surface area contributed by atoms with E-state index in [1.807, 2.05) is 18.2 Å². The minimum Gasteiger partial charge on any atom is -0.493 e. The van der Waals surface area contributed by atoms with Crippen LogP contribution in [-0.2, 0) is 16.1 Å². The molecule has 1 aromatic rings. The van der Waals surface area contributed by atoms with Crippen LogP contribution >= 0.6 is 0 Å². The number of para-hydroxylation sites is 1. The Hall–Kier alpha value is -2.48. The van der Waals surface area contributed by atoms with Crippen molar-refractivity contribution in [2.24, 2.45) is 4.99 Å². The summed E-state index contributed by atoms with van der Waals surface area (Å²) < 4.78 is 17.6. The second-order valence-corrected chi connectivity index (χ2v) is 8.30. The van der Waals surface area contributed by atoms with E-state index in [1.54, 1.807) is 26.1 Å². The monoisotopic (exact) mass is 432 g/mol. The highest BCUT2D eigenvalue weighted by molar-refractivity contribution is 5.86. The lowest BCUT2D eigenvalue weighted by Crippen LogP contribution is -2.45. The van der Waals surface area contributed by atoms with Crippen LogP contribution < -0.4 is 20.1 Å². The summed E-state index contributed by atoms with van der Waals surface area (Å²) in [5.41, 5.74) is 0.961. The molecule has 2 fully saturated rings. The topological polar surface area (TPSA) is 84.4 Å². The van der Waals surface area contributed by atoms with Gasteiger partial charge in [0.1, 0.15) is 0 Å². The third-order valence-corrected chi connectivity index (χ3v) is 5.70. The molecule has 8 heteroatoms. The Labute approximate surface area is 185 Å². The first kappa shape index (κ1) is 23.2. The summed E-state index contributed by atoms with van der Waals surface area (Å²) in [5.74, 6) is 2.06. The predicted octanol–water partition coefficient (Wildman–Crippen LogP) is 2.32. The minimum atomic E-state index is -0.0155. The molecule has 1 atom stereocenters. The first-order chi connectivity index (χ1) is 15.1. The van der Waals surface area contributed by atoms with E-state index in [0.29, 0.717) is 19.0 Å². The first-order valence-electron chi connectivity index (χ1n) is 11.2. The zero-order valence-corrected chi connectivity index (χ0v) is 19.0. The Morgan fingerprint density at radius 1 is 1.19 bits per heavy atom. The first-order valence-corrected chi connectivity index (χ1v) is 11.2. The summed E-state index contributed by atoms with van der Waals surface area (Å²) in [7, 11) is 5.14. The van der Waals surface area contributed by atoms with E-state index >= 15 is 0 Å². The fraction of sp³-hybridized carbons (Fsp3) is 0.652. The molecule has 0 spiro atoms. The number of nitrogens with one attached hydrogen (secondary N) is 2. The van der Waals surface area contributed by atoms with Gasteiger partial charge in [0.15, 0.2) is 17.5 Å². The number of carbonyl (C=O) groups excluding carboxylic acids is 1. The van der Waals surface area contributed by atoms with E-state index in [0.717, 1.165) is 49.4 Å². The summed E-state index contributed by atoms with van der Waals surface area (Å²) in [6.07, 6.45) is 7.07. The Morgan fingerprint density at radius 2 is 2.00 bits per heavy atom. The molecule has 1 aromatic carbocycles. The average molecular weight is 433 g/mol. The summed E-state index contributed by atoms with van der Waals surface area (Å²) in [6, 6.07) is 5.88. The number of guanidine groups is 1. The van der Waals surface area contributed by atoms with Crippen LogP contribution in [0.4, 0.5) is 0 Å². The van der Waals surface area contributed by atoms with Crippen LogP contribution in [0.3, 0.4) is 0 Å². The zero-order chi connectivity index (χ0) is 22.1. The molecule has 0 aromatic heterocycles. The maximum Gasteiger partial charge on any atom is 0.241 e. The Bertz CT molecular complexity index is 741. The van der Waals surface area contributed by atoms with Gasteiger partial charge in [-0.3, -0.25) is 4.79 Å². The van der Waals surface area contributed by atoms with Crippen molar-refractivity contribution in [2.75, 3.05) is 40.9 Å². The van der Waals surface area contributed by atoms with Crippen LogP contribution in [-0.4, -0.2) is 69.9 Å². The van der Waals surface area contributed by atoms with Gasteiger partial charge in [-0.15, -0.1) is 0 Å². The highest BCUT2D eigenvalue weighted by atomic mass is 16.5. The molecule has 1 saturated carbocycles. The molecule has 2 N–H and O–H groups in total. The molecule has 1 saturated heterocycles. The van der Waals surface area contributed by atoms with Gasteiger partial charge in [-0.05, 0) is 44.6 Å². The van der Waals surface area contributed by atoms with Crippen LogP contribution in [0, 0.1) is 0 Å². The molecular weight excluding hydrogens is 396 g/mol. The third-order valence-electron chi connectivity index (χ3n) is 5.70. The van der Waals surface area contributed by atoms with E-state index in [-0.39, 0.29) is 24.7 Å². The van der Waals surface area contributed by atoms with E-state index in [1.165, 1.54) is 12.8 Å². The van der Waals surface area contributed by atoms with Crippen molar-refractivity contribution >= 4 is 11.9 Å². The van der Waals surface area contributed by atoms with Gasteiger partial charge in [-0.2, -0.15) is 0 Å². The van der Waals surface area contributed by atoms with Gasteiger partial charge in [0, 0.05) is 32.8 Å². The Morgan fingerprint density at radius 3 is 2.68 bits per heavy atom. The van der Waals surface area contributed by atoms with Crippen molar-refractivity contribution in [3.05, 3.63) is 23.8 Å². The van der Waals surface area contributed by atoms with Gasteiger partial charge in [-0.25, -0.2) is 4.99 Å². The maximum atomic E-state index is 12.0. The predicted molar refractivity (Wildman–Crippen MR) is 121 cm³/mol. The number of methoxy groups -OCH3 is 1. The molecule has 0 radical (unpaired) electrons. The standard InChI is InChI=1S/C23H36N4O4/c1-27(2)21(28)16-26-23(25-15-19-11-7-13-30-19)24-14-17-8-6-12-20(29-3)22(17)31-18-9-4-5-10-18/h6,8,12,18-19H,4-5,7,9-11,13-16H2,1-3H3,(H2,24,25,26). The van der Waals surface area contributed by atoms with Crippen molar-refractivity contribution in [3.8, 4) is 11.5 Å². The summed E-state index contributed by atoms with van der Waals surface area (Å²) >= 11 is 0. The van der Waals surface area contributed by atoms with Crippen molar-refractivity contribution in [3.63, 3.8) is 0 Å². The number of ether oxygens (including phenoxy) is 3. The number of nitrogens with zero attached hydrogens (tertiary/aromatic N) is 2. The lowest BCUT2D eigenvalue weighted by atomic mass is 10.1. The largest absolute Gasteiger partial charge is 0.493 e. The highest BCUT2D eigenvalue weighted by Crippen LogP contribution is 2.35. The maximum absolute atomic E-state index is 12.0. The van der Waals surface area contributed by atoms with Gasteiger partial charge in [0.2, 0.25) is 5.91 Å². The molecule has 0 bridgehead atoms. The molecule has 172 valence electrons. The number of amides is 1. The third kappa shape index (κ3) is 7.02. The lowest BCUT2D eigenvalue weighted by Gasteiger charge is -2.19. The smallest absolute Gasteiger partial charge is 0.241 e. The molecule has 8 nitrogen and oxygen atoms in total. The fourth-order valence-electron chi connectivity index (χ4n) is 3.82. The summed E-state index contributed by atoms with van der Waals surface area (Å²) in [6.45, 7) is 2.05.